The Morgan fingerprint density at radius 3 is 2.71 bits per heavy atom. The fraction of sp³-hybridized carbons (Fsp3) is 1.00. The van der Waals surface area contributed by atoms with Gasteiger partial charge in [0.05, 0.1) is 5.60 Å². The molecule has 3 unspecified atom stereocenters. The molecule has 2 nitrogen and oxygen atoms in total. The summed E-state index contributed by atoms with van der Waals surface area (Å²) < 4.78 is 0. The third kappa shape index (κ3) is 1.96. The smallest absolute Gasteiger partial charge is 0.0802 e. The van der Waals surface area contributed by atoms with Crippen molar-refractivity contribution in [1.29, 1.82) is 0 Å². The number of hydrogen-bond donors (Lipinski definition) is 2. The lowest BCUT2D eigenvalue weighted by atomic mass is 9.84. The predicted octanol–water partition coefficient (Wildman–Crippen LogP) is 1.78. The van der Waals surface area contributed by atoms with E-state index >= 15 is 0 Å². The van der Waals surface area contributed by atoms with E-state index in [0.717, 1.165) is 25.4 Å². The minimum atomic E-state index is -0.363. The van der Waals surface area contributed by atoms with Gasteiger partial charge in [-0.15, -0.1) is 0 Å². The molecule has 0 amide bonds. The maximum Gasteiger partial charge on any atom is 0.0802 e. The molecule has 2 rings (SSSR count). The number of fused-ring (bicyclic) bond motifs is 2. The Morgan fingerprint density at radius 1 is 1.43 bits per heavy atom. The number of nitrogens with one attached hydrogen (secondary N) is 1. The van der Waals surface area contributed by atoms with E-state index in [9.17, 15) is 5.11 Å². The van der Waals surface area contributed by atoms with Crippen molar-refractivity contribution in [1.82, 2.24) is 5.32 Å². The summed E-state index contributed by atoms with van der Waals surface area (Å²) in [7, 11) is 0. The summed E-state index contributed by atoms with van der Waals surface area (Å²) in [4.78, 5) is 0. The van der Waals surface area contributed by atoms with Gasteiger partial charge < -0.3 is 10.4 Å². The third-order valence-corrected chi connectivity index (χ3v) is 3.93. The molecule has 0 saturated heterocycles. The van der Waals surface area contributed by atoms with Gasteiger partial charge in [0.1, 0.15) is 0 Å². The molecule has 0 radical (unpaired) electrons. The average molecular weight is 197 g/mol. The zero-order chi connectivity index (χ0) is 10.2. The summed E-state index contributed by atoms with van der Waals surface area (Å²) in [5, 5.41) is 13.8. The summed E-state index contributed by atoms with van der Waals surface area (Å²) in [6.45, 7) is 6.25. The van der Waals surface area contributed by atoms with E-state index < -0.39 is 0 Å². The van der Waals surface area contributed by atoms with Gasteiger partial charge in [-0.3, -0.25) is 0 Å². The Morgan fingerprint density at radius 2 is 2.21 bits per heavy atom. The largest absolute Gasteiger partial charge is 0.388 e. The van der Waals surface area contributed by atoms with Crippen LogP contribution >= 0.6 is 0 Å². The van der Waals surface area contributed by atoms with Crippen molar-refractivity contribution in [3.63, 3.8) is 0 Å². The molecule has 0 aromatic carbocycles. The van der Waals surface area contributed by atoms with Crippen LogP contribution in [0.5, 0.6) is 0 Å². The lowest BCUT2D eigenvalue weighted by Crippen LogP contribution is -2.45. The molecule has 2 aliphatic carbocycles. The van der Waals surface area contributed by atoms with Crippen LogP contribution in [0.3, 0.4) is 0 Å². The molecule has 0 aromatic heterocycles. The zero-order valence-electron chi connectivity index (χ0n) is 9.42. The van der Waals surface area contributed by atoms with E-state index in [2.05, 4.69) is 19.2 Å². The van der Waals surface area contributed by atoms with Gasteiger partial charge in [0.15, 0.2) is 0 Å². The SMILES string of the molecule is CC(C)CNCC1(O)CC2CCC1C2. The molecule has 2 N–H and O–H groups in total. The first kappa shape index (κ1) is 10.4. The predicted molar refractivity (Wildman–Crippen MR) is 58.1 cm³/mol. The van der Waals surface area contributed by atoms with Gasteiger partial charge in [-0.1, -0.05) is 13.8 Å². The summed E-state index contributed by atoms with van der Waals surface area (Å²) >= 11 is 0. The molecule has 0 heterocycles. The van der Waals surface area contributed by atoms with Crippen LogP contribution in [0.15, 0.2) is 0 Å². The second kappa shape index (κ2) is 3.82. The molecule has 0 spiro atoms. The maximum absolute atomic E-state index is 10.4. The highest BCUT2D eigenvalue weighted by atomic mass is 16.3. The second-order valence-electron chi connectivity index (χ2n) is 5.71. The molecule has 14 heavy (non-hydrogen) atoms. The van der Waals surface area contributed by atoms with Crippen LogP contribution in [0.25, 0.3) is 0 Å². The van der Waals surface area contributed by atoms with Crippen molar-refractivity contribution in [3.8, 4) is 0 Å². The van der Waals surface area contributed by atoms with E-state index in [4.69, 9.17) is 0 Å². The van der Waals surface area contributed by atoms with E-state index in [-0.39, 0.29) is 5.60 Å². The molecular formula is C12H23NO. The van der Waals surface area contributed by atoms with Crippen LogP contribution in [0, 0.1) is 17.8 Å². The molecule has 2 heteroatoms. The van der Waals surface area contributed by atoms with Gasteiger partial charge in [0, 0.05) is 6.54 Å². The highest BCUT2D eigenvalue weighted by Gasteiger charge is 2.49. The van der Waals surface area contributed by atoms with Crippen molar-refractivity contribution in [3.05, 3.63) is 0 Å². The molecule has 2 aliphatic rings. The van der Waals surface area contributed by atoms with Crippen molar-refractivity contribution in [2.45, 2.75) is 45.1 Å². The average Bonchev–Trinajstić information content (AvgIpc) is 2.62. The van der Waals surface area contributed by atoms with Gasteiger partial charge >= 0.3 is 0 Å². The van der Waals surface area contributed by atoms with E-state index in [1.165, 1.54) is 19.3 Å². The fourth-order valence-corrected chi connectivity index (χ4v) is 3.21. The van der Waals surface area contributed by atoms with Crippen LogP contribution in [0.4, 0.5) is 0 Å². The molecule has 2 saturated carbocycles. The van der Waals surface area contributed by atoms with Crippen molar-refractivity contribution in [2.75, 3.05) is 13.1 Å². The summed E-state index contributed by atoms with van der Waals surface area (Å²) in [6, 6.07) is 0. The highest BCUT2D eigenvalue weighted by Crippen LogP contribution is 2.50. The molecule has 0 aromatic rings. The Kier molecular flexibility index (Phi) is 2.85. The second-order valence-corrected chi connectivity index (χ2v) is 5.71. The van der Waals surface area contributed by atoms with Crippen LogP contribution in [0.2, 0.25) is 0 Å². The van der Waals surface area contributed by atoms with Crippen LogP contribution in [-0.4, -0.2) is 23.8 Å². The molecule has 82 valence electrons. The van der Waals surface area contributed by atoms with Crippen LogP contribution in [-0.2, 0) is 0 Å². The standard InChI is InChI=1S/C12H23NO/c1-9(2)7-13-8-12(14)6-10-3-4-11(12)5-10/h9-11,13-14H,3-8H2,1-2H3. The van der Waals surface area contributed by atoms with E-state index in [0.29, 0.717) is 11.8 Å². The molecule has 2 bridgehead atoms. The lowest BCUT2D eigenvalue weighted by molar-refractivity contribution is -0.0120. The Bertz CT molecular complexity index is 204. The Hall–Kier alpha value is -0.0800. The normalized spacial score (nSPS) is 41.1. The topological polar surface area (TPSA) is 32.3 Å². The summed E-state index contributed by atoms with van der Waals surface area (Å²) in [5.74, 6) is 2.09. The number of rotatable bonds is 4. The molecule has 2 fully saturated rings. The van der Waals surface area contributed by atoms with E-state index in [1.807, 2.05) is 0 Å². The van der Waals surface area contributed by atoms with Crippen LogP contribution < -0.4 is 5.32 Å². The first-order valence-electron chi connectivity index (χ1n) is 6.03. The first-order valence-corrected chi connectivity index (χ1v) is 6.03. The minimum absolute atomic E-state index is 0.363. The van der Waals surface area contributed by atoms with Crippen molar-refractivity contribution in [2.24, 2.45) is 17.8 Å². The lowest BCUT2D eigenvalue weighted by Gasteiger charge is -2.33. The van der Waals surface area contributed by atoms with Gasteiger partial charge in [-0.25, -0.2) is 0 Å². The Labute approximate surface area is 87.1 Å². The quantitative estimate of drug-likeness (QED) is 0.720. The fourth-order valence-electron chi connectivity index (χ4n) is 3.21. The van der Waals surface area contributed by atoms with Gasteiger partial charge in [-0.2, -0.15) is 0 Å². The first-order chi connectivity index (χ1) is 6.60. The maximum atomic E-state index is 10.4. The van der Waals surface area contributed by atoms with E-state index in [1.54, 1.807) is 0 Å². The zero-order valence-corrected chi connectivity index (χ0v) is 9.42. The summed E-state index contributed by atoms with van der Waals surface area (Å²) in [5.41, 5.74) is -0.363. The Balaban J connectivity index is 1.79. The molecule has 0 aliphatic heterocycles. The minimum Gasteiger partial charge on any atom is -0.388 e. The number of aliphatic hydroxyl groups is 1. The monoisotopic (exact) mass is 197 g/mol. The third-order valence-electron chi connectivity index (χ3n) is 3.93. The number of hydrogen-bond acceptors (Lipinski definition) is 2. The van der Waals surface area contributed by atoms with Crippen LogP contribution in [0.1, 0.15) is 39.5 Å². The van der Waals surface area contributed by atoms with Gasteiger partial charge in [0.2, 0.25) is 0 Å². The van der Waals surface area contributed by atoms with Crippen molar-refractivity contribution < 1.29 is 5.11 Å². The highest BCUT2D eigenvalue weighted by molar-refractivity contribution is 5.02. The molecule has 3 atom stereocenters. The van der Waals surface area contributed by atoms with Crippen molar-refractivity contribution >= 4 is 0 Å². The molecular weight excluding hydrogens is 174 g/mol. The van der Waals surface area contributed by atoms with Gasteiger partial charge in [0.25, 0.3) is 0 Å². The van der Waals surface area contributed by atoms with Gasteiger partial charge in [-0.05, 0) is 50.0 Å². The summed E-state index contributed by atoms with van der Waals surface area (Å²) in [6.07, 6.45) is 4.93.